The standard InChI is InChI=1S/C24H29N3O3/c28-23(25-14-6-10-19-8-2-1-3-9-19)20-11-7-15-26(18-20)24(29)27-16-17-30-22-13-5-4-12-21(22)27/h1-5,8-9,12-13,20H,6-7,10-11,14-18H2,(H,25,28). The van der Waals surface area contributed by atoms with Crippen molar-refractivity contribution in [2.75, 3.05) is 37.7 Å². The van der Waals surface area contributed by atoms with E-state index in [1.807, 2.05) is 47.4 Å². The van der Waals surface area contributed by atoms with E-state index < -0.39 is 0 Å². The average molecular weight is 408 g/mol. The molecule has 0 saturated carbocycles. The molecule has 0 radical (unpaired) electrons. The first kappa shape index (κ1) is 20.3. The highest BCUT2D eigenvalue weighted by atomic mass is 16.5. The van der Waals surface area contributed by atoms with Crippen molar-refractivity contribution >= 4 is 17.6 Å². The van der Waals surface area contributed by atoms with Crippen LogP contribution in [0.4, 0.5) is 10.5 Å². The maximum atomic E-state index is 13.2. The predicted molar refractivity (Wildman–Crippen MR) is 117 cm³/mol. The minimum Gasteiger partial charge on any atom is -0.490 e. The lowest BCUT2D eigenvalue weighted by atomic mass is 9.97. The lowest BCUT2D eigenvalue weighted by Crippen LogP contribution is -2.52. The molecule has 2 aliphatic heterocycles. The molecule has 0 aromatic heterocycles. The van der Waals surface area contributed by atoms with Gasteiger partial charge in [-0.25, -0.2) is 4.79 Å². The zero-order valence-corrected chi connectivity index (χ0v) is 17.3. The maximum absolute atomic E-state index is 13.2. The van der Waals surface area contributed by atoms with Crippen LogP contribution in [0, 0.1) is 5.92 Å². The molecule has 2 aliphatic rings. The summed E-state index contributed by atoms with van der Waals surface area (Å²) in [7, 11) is 0. The molecule has 2 heterocycles. The summed E-state index contributed by atoms with van der Waals surface area (Å²) in [5.41, 5.74) is 2.09. The molecule has 1 atom stereocenters. The highest BCUT2D eigenvalue weighted by Crippen LogP contribution is 2.32. The number of anilines is 1. The molecule has 2 aromatic rings. The minimum absolute atomic E-state index is 0.0349. The molecule has 0 bridgehead atoms. The second-order valence-corrected chi connectivity index (χ2v) is 7.92. The van der Waals surface area contributed by atoms with Crippen LogP contribution in [0.2, 0.25) is 0 Å². The van der Waals surface area contributed by atoms with E-state index in [1.165, 1.54) is 5.56 Å². The molecular weight excluding hydrogens is 378 g/mol. The molecule has 1 fully saturated rings. The largest absolute Gasteiger partial charge is 0.490 e. The number of aryl methyl sites for hydroxylation is 1. The van der Waals surface area contributed by atoms with Gasteiger partial charge in [-0.15, -0.1) is 0 Å². The summed E-state index contributed by atoms with van der Waals surface area (Å²) < 4.78 is 5.66. The van der Waals surface area contributed by atoms with Gasteiger partial charge in [-0.3, -0.25) is 9.69 Å². The van der Waals surface area contributed by atoms with Gasteiger partial charge in [0.25, 0.3) is 0 Å². The number of ether oxygens (including phenoxy) is 1. The molecular formula is C24H29N3O3. The number of para-hydroxylation sites is 2. The van der Waals surface area contributed by atoms with Crippen molar-refractivity contribution in [2.24, 2.45) is 5.92 Å². The zero-order chi connectivity index (χ0) is 20.8. The van der Waals surface area contributed by atoms with Gasteiger partial charge in [-0.05, 0) is 43.4 Å². The Morgan fingerprint density at radius 3 is 2.70 bits per heavy atom. The third-order valence-electron chi connectivity index (χ3n) is 5.81. The number of carbonyl (C=O) groups is 2. The van der Waals surface area contributed by atoms with Crippen LogP contribution in [0.15, 0.2) is 54.6 Å². The van der Waals surface area contributed by atoms with Crippen molar-refractivity contribution in [3.8, 4) is 5.75 Å². The highest BCUT2D eigenvalue weighted by molar-refractivity contribution is 5.94. The number of benzene rings is 2. The Balaban J connectivity index is 1.29. The van der Waals surface area contributed by atoms with Crippen LogP contribution in [0.3, 0.4) is 0 Å². The van der Waals surface area contributed by atoms with Crippen LogP contribution in [-0.2, 0) is 11.2 Å². The number of nitrogens with one attached hydrogen (secondary N) is 1. The van der Waals surface area contributed by atoms with Gasteiger partial charge in [0, 0.05) is 19.6 Å². The first-order valence-corrected chi connectivity index (χ1v) is 10.8. The molecule has 3 amide bonds. The normalized spacial score (nSPS) is 18.3. The van der Waals surface area contributed by atoms with Crippen molar-refractivity contribution in [1.29, 1.82) is 0 Å². The summed E-state index contributed by atoms with van der Waals surface area (Å²) in [4.78, 5) is 29.4. The van der Waals surface area contributed by atoms with Gasteiger partial charge in [-0.2, -0.15) is 0 Å². The van der Waals surface area contributed by atoms with E-state index in [2.05, 4.69) is 17.4 Å². The quantitative estimate of drug-likeness (QED) is 0.772. The topological polar surface area (TPSA) is 61.9 Å². The number of rotatable bonds is 5. The molecule has 30 heavy (non-hydrogen) atoms. The summed E-state index contributed by atoms with van der Waals surface area (Å²) in [6, 6.07) is 17.9. The molecule has 4 rings (SSSR count). The smallest absolute Gasteiger partial charge is 0.324 e. The Morgan fingerprint density at radius 2 is 1.83 bits per heavy atom. The van der Waals surface area contributed by atoms with E-state index in [1.54, 1.807) is 4.90 Å². The van der Waals surface area contributed by atoms with Crippen molar-refractivity contribution in [1.82, 2.24) is 10.2 Å². The number of urea groups is 1. The first-order chi connectivity index (χ1) is 14.7. The predicted octanol–water partition coefficient (Wildman–Crippen LogP) is 3.47. The van der Waals surface area contributed by atoms with Crippen molar-refractivity contribution < 1.29 is 14.3 Å². The highest BCUT2D eigenvalue weighted by Gasteiger charge is 2.32. The fourth-order valence-corrected chi connectivity index (χ4v) is 4.20. The summed E-state index contributed by atoms with van der Waals surface area (Å²) in [5, 5.41) is 3.07. The molecule has 0 aliphatic carbocycles. The molecule has 6 heteroatoms. The monoisotopic (exact) mass is 407 g/mol. The zero-order valence-electron chi connectivity index (χ0n) is 17.3. The van der Waals surface area contributed by atoms with Crippen LogP contribution in [0.5, 0.6) is 5.75 Å². The van der Waals surface area contributed by atoms with Crippen molar-refractivity contribution in [2.45, 2.75) is 25.7 Å². The summed E-state index contributed by atoms with van der Waals surface area (Å²) >= 11 is 0. The Hall–Kier alpha value is -3.02. The number of likely N-dealkylation sites (tertiary alicyclic amines) is 1. The maximum Gasteiger partial charge on any atom is 0.324 e. The van der Waals surface area contributed by atoms with E-state index in [4.69, 9.17) is 4.74 Å². The van der Waals surface area contributed by atoms with Crippen LogP contribution in [0.25, 0.3) is 0 Å². The number of hydrogen-bond donors (Lipinski definition) is 1. The SMILES string of the molecule is O=C(NCCCc1ccccc1)C1CCCN(C(=O)N2CCOc3ccccc32)C1. The summed E-state index contributed by atoms with van der Waals surface area (Å²) in [6.07, 6.45) is 3.54. The van der Waals surface area contributed by atoms with Gasteiger partial charge in [0.1, 0.15) is 12.4 Å². The van der Waals surface area contributed by atoms with E-state index in [0.29, 0.717) is 32.8 Å². The second-order valence-electron chi connectivity index (χ2n) is 7.92. The number of fused-ring (bicyclic) bond motifs is 1. The molecule has 1 unspecified atom stereocenters. The van der Waals surface area contributed by atoms with Gasteiger partial charge >= 0.3 is 6.03 Å². The molecule has 158 valence electrons. The number of piperidine rings is 1. The summed E-state index contributed by atoms with van der Waals surface area (Å²) in [6.45, 7) is 2.85. The molecule has 1 N–H and O–H groups in total. The first-order valence-electron chi connectivity index (χ1n) is 10.8. The van der Waals surface area contributed by atoms with Crippen LogP contribution in [-0.4, -0.2) is 49.6 Å². The number of amides is 3. The fraction of sp³-hybridized carbons (Fsp3) is 0.417. The van der Waals surface area contributed by atoms with E-state index in [-0.39, 0.29) is 17.9 Å². The van der Waals surface area contributed by atoms with Crippen molar-refractivity contribution in [3.05, 3.63) is 60.2 Å². The third kappa shape index (κ3) is 4.75. The lowest BCUT2D eigenvalue weighted by Gasteiger charge is -2.37. The van der Waals surface area contributed by atoms with Crippen molar-refractivity contribution in [3.63, 3.8) is 0 Å². The van der Waals surface area contributed by atoms with Gasteiger partial charge in [-0.1, -0.05) is 42.5 Å². The Bertz CT molecular complexity index is 871. The van der Waals surface area contributed by atoms with Crippen LogP contribution < -0.4 is 15.0 Å². The minimum atomic E-state index is -0.143. The van der Waals surface area contributed by atoms with E-state index >= 15 is 0 Å². The average Bonchev–Trinajstić information content (AvgIpc) is 2.81. The molecule has 1 saturated heterocycles. The fourth-order valence-electron chi connectivity index (χ4n) is 4.20. The van der Waals surface area contributed by atoms with Gasteiger partial charge in [0.15, 0.2) is 0 Å². The molecule has 0 spiro atoms. The van der Waals surface area contributed by atoms with Gasteiger partial charge < -0.3 is 15.0 Å². The lowest BCUT2D eigenvalue weighted by molar-refractivity contribution is -0.126. The molecule has 6 nitrogen and oxygen atoms in total. The van der Waals surface area contributed by atoms with E-state index in [0.717, 1.165) is 37.1 Å². The van der Waals surface area contributed by atoms with Crippen LogP contribution >= 0.6 is 0 Å². The second kappa shape index (κ2) is 9.65. The van der Waals surface area contributed by atoms with Gasteiger partial charge in [0.2, 0.25) is 5.91 Å². The Labute approximate surface area is 177 Å². The number of hydrogen-bond acceptors (Lipinski definition) is 3. The van der Waals surface area contributed by atoms with Gasteiger partial charge in [0.05, 0.1) is 18.2 Å². The number of carbonyl (C=O) groups excluding carboxylic acids is 2. The third-order valence-corrected chi connectivity index (χ3v) is 5.81. The number of nitrogens with zero attached hydrogens (tertiary/aromatic N) is 2. The van der Waals surface area contributed by atoms with Crippen LogP contribution in [0.1, 0.15) is 24.8 Å². The Morgan fingerprint density at radius 1 is 1.03 bits per heavy atom. The molecule has 2 aromatic carbocycles. The summed E-state index contributed by atoms with van der Waals surface area (Å²) in [5.74, 6) is 0.653. The van der Waals surface area contributed by atoms with E-state index in [9.17, 15) is 9.59 Å². The Kier molecular flexibility index (Phi) is 6.52.